The third kappa shape index (κ3) is 4.31. The monoisotopic (exact) mass is 451 g/mol. The number of hydrogen-bond donors (Lipinski definition) is 1. The molecule has 5 rings (SSSR count). The minimum absolute atomic E-state index is 0.104. The van der Waals surface area contributed by atoms with Crippen LogP contribution in [-0.4, -0.2) is 79.3 Å². The lowest BCUT2D eigenvalue weighted by molar-refractivity contribution is 0.0981. The van der Waals surface area contributed by atoms with Gasteiger partial charge in [0.05, 0.1) is 57.3 Å². The number of ether oxygens (including phenoxy) is 3. The lowest BCUT2D eigenvalue weighted by atomic mass is 10.1. The number of methoxy groups -OCH3 is 1. The molecule has 9 nitrogen and oxygen atoms in total. The first-order valence-corrected chi connectivity index (χ1v) is 11.3. The van der Waals surface area contributed by atoms with Gasteiger partial charge in [-0.05, 0) is 37.3 Å². The molecule has 0 radical (unpaired) electrons. The predicted octanol–water partition coefficient (Wildman–Crippen LogP) is 2.25. The first-order chi connectivity index (χ1) is 16.2. The third-order valence-corrected chi connectivity index (χ3v) is 6.21. The molecule has 4 heterocycles. The zero-order chi connectivity index (χ0) is 22.8. The zero-order valence-corrected chi connectivity index (χ0v) is 19.0. The summed E-state index contributed by atoms with van der Waals surface area (Å²) in [5.74, 6) is 2.22. The summed E-state index contributed by atoms with van der Waals surface area (Å²) in [5.41, 5.74) is 3.05. The number of hydrogen-bond acceptors (Lipinski definition) is 9. The number of fused-ring (bicyclic) bond motifs is 1. The predicted molar refractivity (Wildman–Crippen MR) is 126 cm³/mol. The van der Waals surface area contributed by atoms with Gasteiger partial charge in [-0.15, -0.1) is 0 Å². The summed E-state index contributed by atoms with van der Waals surface area (Å²) in [4.78, 5) is 19.2. The topological polar surface area (TPSA) is 93.1 Å². The van der Waals surface area contributed by atoms with Crippen LogP contribution in [0.2, 0.25) is 0 Å². The van der Waals surface area contributed by atoms with Crippen molar-refractivity contribution >= 4 is 22.8 Å². The van der Waals surface area contributed by atoms with Gasteiger partial charge in [-0.2, -0.15) is 9.97 Å². The minimum atomic E-state index is -0.104. The number of morpholine rings is 2. The van der Waals surface area contributed by atoms with Gasteiger partial charge >= 0.3 is 0 Å². The Kier molecular flexibility index (Phi) is 6.26. The maximum Gasteiger partial charge on any atom is 0.229 e. The van der Waals surface area contributed by atoms with E-state index in [0.717, 1.165) is 47.7 Å². The van der Waals surface area contributed by atoms with Gasteiger partial charge in [0.25, 0.3) is 0 Å². The van der Waals surface area contributed by atoms with Crippen molar-refractivity contribution in [1.82, 2.24) is 15.0 Å². The van der Waals surface area contributed by atoms with Gasteiger partial charge in [0, 0.05) is 30.8 Å². The lowest BCUT2D eigenvalue weighted by Gasteiger charge is -2.34. The Labute approximate surface area is 192 Å². The smallest absolute Gasteiger partial charge is 0.229 e. The molecule has 2 aromatic heterocycles. The molecule has 0 aliphatic carbocycles. The Morgan fingerprint density at radius 1 is 1.03 bits per heavy atom. The van der Waals surface area contributed by atoms with E-state index in [1.54, 1.807) is 7.11 Å². The molecule has 2 aliphatic heterocycles. The van der Waals surface area contributed by atoms with Crippen molar-refractivity contribution in [2.24, 2.45) is 0 Å². The number of aliphatic hydroxyl groups is 1. The maximum atomic E-state index is 9.73. The van der Waals surface area contributed by atoms with Crippen LogP contribution in [0.25, 0.3) is 22.3 Å². The average molecular weight is 452 g/mol. The fraction of sp³-hybridized carbons (Fsp3) is 0.458. The van der Waals surface area contributed by atoms with E-state index in [2.05, 4.69) is 16.7 Å². The highest BCUT2D eigenvalue weighted by molar-refractivity contribution is 5.90. The van der Waals surface area contributed by atoms with Crippen LogP contribution in [0.15, 0.2) is 30.3 Å². The molecule has 33 heavy (non-hydrogen) atoms. The first kappa shape index (κ1) is 21.8. The maximum absolute atomic E-state index is 9.73. The van der Waals surface area contributed by atoms with Gasteiger partial charge in [0.1, 0.15) is 11.6 Å². The molecule has 2 saturated heterocycles. The Balaban J connectivity index is 1.62. The van der Waals surface area contributed by atoms with Crippen molar-refractivity contribution in [3.05, 3.63) is 35.9 Å². The van der Waals surface area contributed by atoms with E-state index in [9.17, 15) is 5.11 Å². The average Bonchev–Trinajstić information content (AvgIpc) is 2.88. The second kappa shape index (κ2) is 9.46. The second-order valence-corrected chi connectivity index (χ2v) is 8.32. The van der Waals surface area contributed by atoms with Gasteiger partial charge < -0.3 is 29.1 Å². The number of pyridine rings is 1. The largest absolute Gasteiger partial charge is 0.496 e. The molecule has 2 fully saturated rings. The highest BCUT2D eigenvalue weighted by Gasteiger charge is 2.25. The Morgan fingerprint density at radius 2 is 1.85 bits per heavy atom. The molecule has 0 amide bonds. The molecular formula is C24H29N5O4. The summed E-state index contributed by atoms with van der Waals surface area (Å²) in [7, 11) is 1.60. The van der Waals surface area contributed by atoms with Gasteiger partial charge in [-0.1, -0.05) is 0 Å². The molecule has 0 saturated carbocycles. The Morgan fingerprint density at radius 3 is 2.61 bits per heavy atom. The molecule has 174 valence electrons. The van der Waals surface area contributed by atoms with E-state index in [-0.39, 0.29) is 12.6 Å². The molecule has 3 aromatic rings. The Hall–Kier alpha value is -3.01. The third-order valence-electron chi connectivity index (χ3n) is 6.21. The second-order valence-electron chi connectivity index (χ2n) is 8.32. The van der Waals surface area contributed by atoms with Crippen LogP contribution in [-0.2, 0) is 16.1 Å². The van der Waals surface area contributed by atoms with E-state index in [0.29, 0.717) is 43.8 Å². The number of aromatic nitrogens is 3. The number of anilines is 2. The van der Waals surface area contributed by atoms with Crippen molar-refractivity contribution in [3.63, 3.8) is 0 Å². The summed E-state index contributed by atoms with van der Waals surface area (Å²) in [6.45, 7) is 6.99. The zero-order valence-electron chi connectivity index (χ0n) is 19.0. The summed E-state index contributed by atoms with van der Waals surface area (Å²) in [6, 6.07) is 9.91. The highest BCUT2D eigenvalue weighted by Crippen LogP contribution is 2.31. The van der Waals surface area contributed by atoms with Gasteiger partial charge in [-0.25, -0.2) is 4.98 Å². The van der Waals surface area contributed by atoms with Crippen LogP contribution < -0.4 is 14.5 Å². The van der Waals surface area contributed by atoms with Crippen molar-refractivity contribution in [2.45, 2.75) is 19.6 Å². The molecule has 1 aromatic carbocycles. The lowest BCUT2D eigenvalue weighted by Crippen LogP contribution is -2.45. The Bertz CT molecular complexity index is 1140. The van der Waals surface area contributed by atoms with Crippen molar-refractivity contribution in [1.29, 1.82) is 0 Å². The molecular weight excluding hydrogens is 422 g/mol. The van der Waals surface area contributed by atoms with Gasteiger partial charge in [0.2, 0.25) is 5.95 Å². The van der Waals surface area contributed by atoms with E-state index in [4.69, 9.17) is 29.2 Å². The van der Waals surface area contributed by atoms with Crippen molar-refractivity contribution in [2.75, 3.05) is 63.0 Å². The fourth-order valence-corrected chi connectivity index (χ4v) is 4.37. The van der Waals surface area contributed by atoms with Crippen molar-refractivity contribution in [3.8, 4) is 17.0 Å². The van der Waals surface area contributed by atoms with Crippen LogP contribution in [0.1, 0.15) is 12.5 Å². The standard InChI is InChI=1S/C24H29N5O4/c1-16-15-33-12-9-29(16)24-26-22-19(23(27-24)28-7-10-32-11-8-28)4-5-20(25-22)17-3-6-21(31-2)18(13-17)14-30/h3-6,13,16,30H,7-12,14-15H2,1-2H3. The number of aliphatic hydroxyl groups excluding tert-OH is 1. The van der Waals surface area contributed by atoms with Gasteiger partial charge in [-0.3, -0.25) is 0 Å². The normalized spacial score (nSPS) is 19.2. The number of benzene rings is 1. The minimum Gasteiger partial charge on any atom is -0.496 e. The molecule has 9 heteroatoms. The first-order valence-electron chi connectivity index (χ1n) is 11.3. The van der Waals surface area contributed by atoms with E-state index >= 15 is 0 Å². The molecule has 0 bridgehead atoms. The van der Waals surface area contributed by atoms with Crippen LogP contribution in [0.5, 0.6) is 5.75 Å². The fourth-order valence-electron chi connectivity index (χ4n) is 4.37. The molecule has 1 atom stereocenters. The van der Waals surface area contributed by atoms with Crippen LogP contribution in [0, 0.1) is 0 Å². The summed E-state index contributed by atoms with van der Waals surface area (Å²) in [5, 5.41) is 10.6. The summed E-state index contributed by atoms with van der Waals surface area (Å²) < 4.78 is 16.5. The van der Waals surface area contributed by atoms with Gasteiger partial charge in [0.15, 0.2) is 5.65 Å². The molecule has 0 spiro atoms. The van der Waals surface area contributed by atoms with Crippen molar-refractivity contribution < 1.29 is 19.3 Å². The van der Waals surface area contributed by atoms with Crippen LogP contribution in [0.3, 0.4) is 0 Å². The highest BCUT2D eigenvalue weighted by atomic mass is 16.5. The quantitative estimate of drug-likeness (QED) is 0.627. The molecule has 1 unspecified atom stereocenters. The SMILES string of the molecule is COc1ccc(-c2ccc3c(N4CCOCC4)nc(N4CCOCC4C)nc3n2)cc1CO. The number of rotatable bonds is 5. The molecule has 2 aliphatic rings. The van der Waals surface area contributed by atoms with E-state index < -0.39 is 0 Å². The summed E-state index contributed by atoms with van der Waals surface area (Å²) in [6.07, 6.45) is 0. The van der Waals surface area contributed by atoms with E-state index in [1.807, 2.05) is 30.3 Å². The number of nitrogens with zero attached hydrogens (tertiary/aromatic N) is 5. The van der Waals surface area contributed by atoms with E-state index in [1.165, 1.54) is 0 Å². The van der Waals surface area contributed by atoms with Crippen LogP contribution >= 0.6 is 0 Å². The molecule has 1 N–H and O–H groups in total. The van der Waals surface area contributed by atoms with Crippen LogP contribution in [0.4, 0.5) is 11.8 Å². The summed E-state index contributed by atoms with van der Waals surface area (Å²) >= 11 is 0.